The van der Waals surface area contributed by atoms with Crippen molar-refractivity contribution in [3.8, 4) is 0 Å². The number of nitrogens with zero attached hydrogens (tertiary/aromatic N) is 3. The fourth-order valence-corrected chi connectivity index (χ4v) is 4.68. The zero-order chi connectivity index (χ0) is 22.9. The standard InChI is InChI=1S/C23H27ClN4O4/c1-3-32-21(30)18-13-19-20(29)28(17-11-7-8-15(24)12-17)23(2,14-27(19)26-18)22(31)25-16-9-5-4-6-10-16/h7-8,11-13,16H,3-6,9-10,14H2,1-2H3,(H,25,31)/t23-/m1/s1. The van der Waals surface area contributed by atoms with E-state index in [0.29, 0.717) is 10.7 Å². The lowest BCUT2D eigenvalue weighted by Gasteiger charge is -2.44. The highest BCUT2D eigenvalue weighted by molar-refractivity contribution is 6.31. The molecule has 1 saturated carbocycles. The van der Waals surface area contributed by atoms with E-state index in [1.54, 1.807) is 38.1 Å². The molecule has 8 nitrogen and oxygen atoms in total. The van der Waals surface area contributed by atoms with Crippen LogP contribution in [0.25, 0.3) is 0 Å². The third-order valence-corrected chi connectivity index (χ3v) is 6.37. The number of carbonyl (C=O) groups is 3. The van der Waals surface area contributed by atoms with Crippen molar-refractivity contribution in [2.45, 2.75) is 64.1 Å². The van der Waals surface area contributed by atoms with Gasteiger partial charge < -0.3 is 10.1 Å². The molecule has 32 heavy (non-hydrogen) atoms. The van der Waals surface area contributed by atoms with E-state index >= 15 is 0 Å². The molecular formula is C23H27ClN4O4. The first-order valence-electron chi connectivity index (χ1n) is 11.0. The highest BCUT2D eigenvalue weighted by Crippen LogP contribution is 2.34. The molecule has 1 N–H and O–H groups in total. The van der Waals surface area contributed by atoms with Crippen molar-refractivity contribution in [3.05, 3.63) is 46.7 Å². The van der Waals surface area contributed by atoms with Gasteiger partial charge in [0.05, 0.1) is 13.2 Å². The molecule has 0 spiro atoms. The van der Waals surface area contributed by atoms with Gasteiger partial charge in [0.25, 0.3) is 5.91 Å². The van der Waals surface area contributed by atoms with Crippen LogP contribution in [0.2, 0.25) is 5.02 Å². The van der Waals surface area contributed by atoms with Crippen LogP contribution in [0, 0.1) is 0 Å². The van der Waals surface area contributed by atoms with Crippen LogP contribution in [-0.2, 0) is 16.1 Å². The molecule has 2 aliphatic rings. The Kier molecular flexibility index (Phi) is 6.24. The molecule has 2 heterocycles. The highest BCUT2D eigenvalue weighted by Gasteiger charge is 2.49. The Bertz CT molecular complexity index is 1050. The normalized spacial score (nSPS) is 21.2. The molecule has 0 unspecified atom stereocenters. The molecule has 4 rings (SSSR count). The molecule has 0 saturated heterocycles. The summed E-state index contributed by atoms with van der Waals surface area (Å²) in [5.41, 5.74) is -0.493. The Balaban J connectivity index is 1.74. The van der Waals surface area contributed by atoms with Crippen molar-refractivity contribution in [2.24, 2.45) is 0 Å². The molecule has 1 fully saturated rings. The Hall–Kier alpha value is -2.87. The second kappa shape index (κ2) is 8.94. The first kappa shape index (κ1) is 22.3. The van der Waals surface area contributed by atoms with Gasteiger partial charge in [-0.2, -0.15) is 5.10 Å². The molecule has 2 aromatic rings. The van der Waals surface area contributed by atoms with Crippen LogP contribution in [0.1, 0.15) is 66.9 Å². The first-order valence-corrected chi connectivity index (χ1v) is 11.4. The van der Waals surface area contributed by atoms with Gasteiger partial charge in [0.1, 0.15) is 11.2 Å². The van der Waals surface area contributed by atoms with Crippen molar-refractivity contribution in [2.75, 3.05) is 11.5 Å². The van der Waals surface area contributed by atoms with E-state index in [1.807, 2.05) is 0 Å². The lowest BCUT2D eigenvalue weighted by Crippen LogP contribution is -2.65. The fraction of sp³-hybridized carbons (Fsp3) is 0.478. The number of carbonyl (C=O) groups excluding carboxylic acids is 3. The van der Waals surface area contributed by atoms with Crippen LogP contribution >= 0.6 is 11.6 Å². The van der Waals surface area contributed by atoms with Gasteiger partial charge in [-0.15, -0.1) is 0 Å². The number of aromatic nitrogens is 2. The van der Waals surface area contributed by atoms with Crippen molar-refractivity contribution in [1.29, 1.82) is 0 Å². The van der Waals surface area contributed by atoms with Gasteiger partial charge in [-0.3, -0.25) is 19.2 Å². The number of benzene rings is 1. The summed E-state index contributed by atoms with van der Waals surface area (Å²) in [6.45, 7) is 3.72. The molecule has 2 amide bonds. The molecule has 0 bridgehead atoms. The number of rotatable bonds is 5. The monoisotopic (exact) mass is 458 g/mol. The van der Waals surface area contributed by atoms with Crippen LogP contribution in [0.15, 0.2) is 30.3 Å². The summed E-state index contributed by atoms with van der Waals surface area (Å²) in [5, 5.41) is 7.88. The fourth-order valence-electron chi connectivity index (χ4n) is 4.49. The number of anilines is 1. The highest BCUT2D eigenvalue weighted by atomic mass is 35.5. The van der Waals surface area contributed by atoms with Gasteiger partial charge in [0.2, 0.25) is 5.91 Å². The summed E-state index contributed by atoms with van der Waals surface area (Å²) >= 11 is 6.20. The third kappa shape index (κ3) is 4.11. The second-order valence-electron chi connectivity index (χ2n) is 8.50. The molecular weight excluding hydrogens is 432 g/mol. The Morgan fingerprint density at radius 2 is 2.00 bits per heavy atom. The molecule has 1 atom stereocenters. The summed E-state index contributed by atoms with van der Waals surface area (Å²) in [7, 11) is 0. The average molecular weight is 459 g/mol. The second-order valence-corrected chi connectivity index (χ2v) is 8.93. The van der Waals surface area contributed by atoms with Crippen LogP contribution in [0.4, 0.5) is 5.69 Å². The number of halogens is 1. The van der Waals surface area contributed by atoms with Crippen LogP contribution in [0.5, 0.6) is 0 Å². The summed E-state index contributed by atoms with van der Waals surface area (Å²) in [6, 6.07) is 8.34. The number of nitrogens with one attached hydrogen (secondary N) is 1. The van der Waals surface area contributed by atoms with E-state index in [2.05, 4.69) is 10.4 Å². The van der Waals surface area contributed by atoms with Crippen LogP contribution in [0.3, 0.4) is 0 Å². The number of hydrogen-bond acceptors (Lipinski definition) is 5. The predicted octanol–water partition coefficient (Wildman–Crippen LogP) is 3.58. The lowest BCUT2D eigenvalue weighted by molar-refractivity contribution is -0.127. The van der Waals surface area contributed by atoms with Crippen molar-refractivity contribution in [1.82, 2.24) is 15.1 Å². The van der Waals surface area contributed by atoms with Gasteiger partial charge in [-0.1, -0.05) is 36.9 Å². The minimum Gasteiger partial charge on any atom is -0.461 e. The van der Waals surface area contributed by atoms with E-state index in [1.165, 1.54) is 22.1 Å². The maximum absolute atomic E-state index is 13.6. The quantitative estimate of drug-likeness (QED) is 0.691. The minimum absolute atomic E-state index is 0.0400. The average Bonchev–Trinajstić information content (AvgIpc) is 3.19. The molecule has 1 aromatic carbocycles. The summed E-state index contributed by atoms with van der Waals surface area (Å²) in [6.07, 6.45) is 5.17. The summed E-state index contributed by atoms with van der Waals surface area (Å²) < 4.78 is 6.46. The number of fused-ring (bicyclic) bond motifs is 1. The Morgan fingerprint density at radius 3 is 2.69 bits per heavy atom. The maximum atomic E-state index is 13.6. The van der Waals surface area contributed by atoms with E-state index in [0.717, 1.165) is 25.7 Å². The molecule has 170 valence electrons. The number of ether oxygens (including phenoxy) is 1. The smallest absolute Gasteiger partial charge is 0.358 e. The number of amides is 2. The SMILES string of the molecule is CCOC(=O)c1cc2n(n1)C[C@](C)(C(=O)NC1CCCCC1)N(c1cccc(Cl)c1)C2=O. The minimum atomic E-state index is -1.26. The van der Waals surface area contributed by atoms with Gasteiger partial charge in [-0.05, 0) is 44.9 Å². The van der Waals surface area contributed by atoms with E-state index in [4.69, 9.17) is 16.3 Å². The molecule has 9 heteroatoms. The summed E-state index contributed by atoms with van der Waals surface area (Å²) in [5.74, 6) is -1.29. The van der Waals surface area contributed by atoms with E-state index in [-0.39, 0.29) is 36.5 Å². The number of esters is 1. The van der Waals surface area contributed by atoms with Crippen LogP contribution < -0.4 is 10.2 Å². The Labute approximate surface area is 191 Å². The van der Waals surface area contributed by atoms with Gasteiger partial charge in [0.15, 0.2) is 5.69 Å². The topological polar surface area (TPSA) is 93.5 Å². The molecule has 0 radical (unpaired) electrons. The van der Waals surface area contributed by atoms with Gasteiger partial charge in [-0.25, -0.2) is 4.79 Å². The maximum Gasteiger partial charge on any atom is 0.358 e. The predicted molar refractivity (Wildman–Crippen MR) is 120 cm³/mol. The summed E-state index contributed by atoms with van der Waals surface area (Å²) in [4.78, 5) is 40.9. The van der Waals surface area contributed by atoms with Gasteiger partial charge >= 0.3 is 5.97 Å². The number of hydrogen-bond donors (Lipinski definition) is 1. The molecule has 1 aliphatic carbocycles. The Morgan fingerprint density at radius 1 is 1.25 bits per heavy atom. The lowest BCUT2D eigenvalue weighted by atomic mass is 9.91. The first-order chi connectivity index (χ1) is 15.3. The third-order valence-electron chi connectivity index (χ3n) is 6.13. The molecule has 1 aromatic heterocycles. The van der Waals surface area contributed by atoms with E-state index < -0.39 is 17.4 Å². The largest absolute Gasteiger partial charge is 0.461 e. The van der Waals surface area contributed by atoms with Crippen molar-refractivity contribution < 1.29 is 19.1 Å². The van der Waals surface area contributed by atoms with Crippen LogP contribution in [-0.4, -0.2) is 45.8 Å². The molecule has 1 aliphatic heterocycles. The zero-order valence-electron chi connectivity index (χ0n) is 18.3. The van der Waals surface area contributed by atoms with Crippen molar-refractivity contribution in [3.63, 3.8) is 0 Å². The van der Waals surface area contributed by atoms with E-state index in [9.17, 15) is 14.4 Å². The van der Waals surface area contributed by atoms with Gasteiger partial charge in [0, 0.05) is 22.8 Å². The van der Waals surface area contributed by atoms with Crippen molar-refractivity contribution >= 4 is 35.1 Å². The zero-order valence-corrected chi connectivity index (χ0v) is 19.0.